The predicted molar refractivity (Wildman–Crippen MR) is 69.6 cm³/mol. The maximum atomic E-state index is 13.1. The van der Waals surface area contributed by atoms with Gasteiger partial charge in [0.25, 0.3) is 0 Å². The molecule has 0 aromatic heterocycles. The molecule has 0 spiro atoms. The van der Waals surface area contributed by atoms with Crippen LogP contribution < -0.4 is 0 Å². The summed E-state index contributed by atoms with van der Waals surface area (Å²) in [4.78, 5) is 0. The Morgan fingerprint density at radius 1 is 1.12 bits per heavy atom. The van der Waals surface area contributed by atoms with E-state index in [1.54, 1.807) is 12.1 Å². The number of aliphatic hydroxyl groups excluding tert-OH is 1. The first-order chi connectivity index (χ1) is 8.09. The Bertz CT molecular complexity index is 545. The van der Waals surface area contributed by atoms with Gasteiger partial charge in [-0.3, -0.25) is 0 Å². The average Bonchev–Trinajstić information content (AvgIpc) is 2.32. The lowest BCUT2D eigenvalue weighted by Crippen LogP contribution is -2.02. The first kappa shape index (κ1) is 12.6. The summed E-state index contributed by atoms with van der Waals surface area (Å²) in [7, 11) is 0. The highest BCUT2D eigenvalue weighted by atomic mass is 79.9. The molecule has 0 bridgehead atoms. The van der Waals surface area contributed by atoms with Crippen molar-refractivity contribution in [2.45, 2.75) is 6.10 Å². The molecule has 1 nitrogen and oxygen atoms in total. The standard InChI is InChI=1S/C13H9BrClFO/c14-11-4-2-1-3-9(11)13(17)10-7-8(16)5-6-12(10)15/h1-7,13,17H. The lowest BCUT2D eigenvalue weighted by atomic mass is 10.0. The predicted octanol–water partition coefficient (Wildman–Crippen LogP) is 4.32. The van der Waals surface area contributed by atoms with Gasteiger partial charge in [-0.25, -0.2) is 4.39 Å². The summed E-state index contributed by atoms with van der Waals surface area (Å²) in [5.74, 6) is -0.421. The van der Waals surface area contributed by atoms with Gasteiger partial charge in [0.2, 0.25) is 0 Å². The summed E-state index contributed by atoms with van der Waals surface area (Å²) in [5.41, 5.74) is 1.01. The average molecular weight is 316 g/mol. The van der Waals surface area contributed by atoms with Crippen molar-refractivity contribution in [3.8, 4) is 0 Å². The molecule has 2 rings (SSSR count). The monoisotopic (exact) mass is 314 g/mol. The maximum absolute atomic E-state index is 13.1. The molecule has 1 unspecified atom stereocenters. The quantitative estimate of drug-likeness (QED) is 0.875. The van der Waals surface area contributed by atoms with Gasteiger partial charge in [0.05, 0.1) is 0 Å². The second kappa shape index (κ2) is 5.17. The van der Waals surface area contributed by atoms with Gasteiger partial charge in [-0.05, 0) is 29.8 Å². The second-order valence-corrected chi connectivity index (χ2v) is 4.85. The lowest BCUT2D eigenvalue weighted by molar-refractivity contribution is 0.219. The maximum Gasteiger partial charge on any atom is 0.123 e. The molecule has 88 valence electrons. The van der Waals surface area contributed by atoms with E-state index in [4.69, 9.17) is 11.6 Å². The van der Waals surface area contributed by atoms with Crippen LogP contribution in [0, 0.1) is 5.82 Å². The van der Waals surface area contributed by atoms with Crippen molar-refractivity contribution >= 4 is 27.5 Å². The highest BCUT2D eigenvalue weighted by Crippen LogP contribution is 2.32. The second-order valence-electron chi connectivity index (χ2n) is 3.59. The number of hydrogen-bond acceptors (Lipinski definition) is 1. The molecule has 1 N–H and O–H groups in total. The van der Waals surface area contributed by atoms with E-state index in [1.807, 2.05) is 12.1 Å². The SMILES string of the molecule is OC(c1cc(F)ccc1Cl)c1ccccc1Br. The summed E-state index contributed by atoms with van der Waals surface area (Å²) >= 11 is 9.29. The zero-order valence-electron chi connectivity index (χ0n) is 8.70. The first-order valence-corrected chi connectivity index (χ1v) is 6.14. The zero-order valence-corrected chi connectivity index (χ0v) is 11.0. The topological polar surface area (TPSA) is 20.2 Å². The molecule has 0 saturated heterocycles. The van der Waals surface area contributed by atoms with Crippen molar-refractivity contribution in [2.24, 2.45) is 0 Å². The van der Waals surface area contributed by atoms with E-state index in [0.29, 0.717) is 16.1 Å². The van der Waals surface area contributed by atoms with Crippen LogP contribution in [0.15, 0.2) is 46.9 Å². The Labute approximate surface area is 112 Å². The fourth-order valence-electron chi connectivity index (χ4n) is 1.59. The molecule has 1 atom stereocenters. The van der Waals surface area contributed by atoms with E-state index in [2.05, 4.69) is 15.9 Å². The molecule has 0 aliphatic rings. The van der Waals surface area contributed by atoms with Crippen LogP contribution in [-0.2, 0) is 0 Å². The van der Waals surface area contributed by atoms with Gasteiger partial charge >= 0.3 is 0 Å². The van der Waals surface area contributed by atoms with Crippen molar-refractivity contribution < 1.29 is 9.50 Å². The number of hydrogen-bond donors (Lipinski definition) is 1. The third kappa shape index (κ3) is 2.68. The van der Waals surface area contributed by atoms with Crippen LogP contribution in [0.4, 0.5) is 4.39 Å². The van der Waals surface area contributed by atoms with Gasteiger partial charge in [0.1, 0.15) is 11.9 Å². The van der Waals surface area contributed by atoms with E-state index in [-0.39, 0.29) is 0 Å². The largest absolute Gasteiger partial charge is 0.384 e. The van der Waals surface area contributed by atoms with E-state index < -0.39 is 11.9 Å². The lowest BCUT2D eigenvalue weighted by Gasteiger charge is -2.14. The van der Waals surface area contributed by atoms with Crippen LogP contribution in [0.1, 0.15) is 17.2 Å². The number of benzene rings is 2. The van der Waals surface area contributed by atoms with E-state index in [0.717, 1.165) is 4.47 Å². The van der Waals surface area contributed by atoms with Crippen molar-refractivity contribution in [3.05, 3.63) is 68.9 Å². The molecule has 0 heterocycles. The van der Waals surface area contributed by atoms with Crippen LogP contribution in [0.2, 0.25) is 5.02 Å². The van der Waals surface area contributed by atoms with Gasteiger partial charge in [0.15, 0.2) is 0 Å². The summed E-state index contributed by atoms with van der Waals surface area (Å²) in [5, 5.41) is 10.5. The van der Waals surface area contributed by atoms with Gasteiger partial charge in [-0.15, -0.1) is 0 Å². The first-order valence-electron chi connectivity index (χ1n) is 4.97. The fraction of sp³-hybridized carbons (Fsp3) is 0.0769. The molecule has 0 amide bonds. The van der Waals surface area contributed by atoms with Gasteiger partial charge in [0, 0.05) is 15.1 Å². The number of aliphatic hydroxyl groups is 1. The minimum absolute atomic E-state index is 0.342. The molecule has 17 heavy (non-hydrogen) atoms. The summed E-state index contributed by atoms with van der Waals surface area (Å²) in [6, 6.07) is 11.2. The van der Waals surface area contributed by atoms with Crippen molar-refractivity contribution in [1.29, 1.82) is 0 Å². The van der Waals surface area contributed by atoms with Crippen LogP contribution in [0.3, 0.4) is 0 Å². The van der Waals surface area contributed by atoms with Crippen molar-refractivity contribution in [1.82, 2.24) is 0 Å². The van der Waals surface area contributed by atoms with Crippen LogP contribution in [0.5, 0.6) is 0 Å². The third-order valence-corrected chi connectivity index (χ3v) is 3.52. The molecule has 0 saturated carbocycles. The molecule has 4 heteroatoms. The molecular formula is C13H9BrClFO. The number of halogens is 3. The minimum atomic E-state index is -0.950. The summed E-state index contributed by atoms with van der Waals surface area (Å²) in [6.45, 7) is 0. The Morgan fingerprint density at radius 2 is 1.82 bits per heavy atom. The Morgan fingerprint density at radius 3 is 2.53 bits per heavy atom. The van der Waals surface area contributed by atoms with E-state index in [9.17, 15) is 9.50 Å². The third-order valence-electron chi connectivity index (χ3n) is 2.45. The van der Waals surface area contributed by atoms with Crippen LogP contribution in [0.25, 0.3) is 0 Å². The van der Waals surface area contributed by atoms with Crippen molar-refractivity contribution in [2.75, 3.05) is 0 Å². The molecular weight excluding hydrogens is 306 g/mol. The van der Waals surface area contributed by atoms with E-state index >= 15 is 0 Å². The smallest absolute Gasteiger partial charge is 0.123 e. The van der Waals surface area contributed by atoms with Crippen LogP contribution >= 0.6 is 27.5 Å². The molecule has 0 aliphatic heterocycles. The molecule has 0 radical (unpaired) electrons. The Kier molecular flexibility index (Phi) is 3.82. The Hall–Kier alpha value is -0.900. The molecule has 0 fully saturated rings. The fourth-order valence-corrected chi connectivity index (χ4v) is 2.31. The van der Waals surface area contributed by atoms with Gasteiger partial charge in [-0.1, -0.05) is 45.7 Å². The molecule has 0 aliphatic carbocycles. The van der Waals surface area contributed by atoms with Gasteiger partial charge in [-0.2, -0.15) is 0 Å². The van der Waals surface area contributed by atoms with Gasteiger partial charge < -0.3 is 5.11 Å². The van der Waals surface area contributed by atoms with Crippen LogP contribution in [-0.4, -0.2) is 5.11 Å². The van der Waals surface area contributed by atoms with Crippen molar-refractivity contribution in [3.63, 3.8) is 0 Å². The minimum Gasteiger partial charge on any atom is -0.384 e. The zero-order chi connectivity index (χ0) is 12.4. The highest BCUT2D eigenvalue weighted by Gasteiger charge is 2.16. The normalized spacial score (nSPS) is 12.5. The summed E-state index contributed by atoms with van der Waals surface area (Å²) in [6.07, 6.45) is -0.950. The molecule has 2 aromatic carbocycles. The van der Waals surface area contributed by atoms with E-state index in [1.165, 1.54) is 18.2 Å². The molecule has 2 aromatic rings. The highest BCUT2D eigenvalue weighted by molar-refractivity contribution is 9.10. The number of rotatable bonds is 2. The summed E-state index contributed by atoms with van der Waals surface area (Å²) < 4.78 is 13.9. The Balaban J connectivity index is 2.47.